The Balaban J connectivity index is 1.76. The zero-order valence-corrected chi connectivity index (χ0v) is 21.1. The summed E-state index contributed by atoms with van der Waals surface area (Å²) in [6, 6.07) is 8.71. The first-order chi connectivity index (χ1) is 15.3. The fourth-order valence-electron chi connectivity index (χ4n) is 4.01. The van der Waals surface area contributed by atoms with Gasteiger partial charge in [-0.25, -0.2) is 9.97 Å². The van der Waals surface area contributed by atoms with Crippen LogP contribution < -0.4 is 0 Å². The van der Waals surface area contributed by atoms with Gasteiger partial charge in [-0.05, 0) is 48.6 Å². The van der Waals surface area contributed by atoms with Crippen LogP contribution in [0.15, 0.2) is 35.0 Å². The molecule has 4 rings (SSSR count). The smallest absolute Gasteiger partial charge is 0.109 e. The van der Waals surface area contributed by atoms with Crippen molar-refractivity contribution in [1.29, 1.82) is 0 Å². The van der Waals surface area contributed by atoms with Gasteiger partial charge in [-0.3, -0.25) is 0 Å². The van der Waals surface area contributed by atoms with E-state index in [4.69, 9.17) is 9.97 Å². The highest BCUT2D eigenvalue weighted by atomic mass is 32.1. The maximum Gasteiger partial charge on any atom is 0.109 e. The average Bonchev–Trinajstić information content (AvgIpc) is 3.54. The molecule has 0 aliphatic rings. The minimum Gasteiger partial charge on any atom is -0.248 e. The van der Waals surface area contributed by atoms with Crippen LogP contribution in [0.4, 0.5) is 0 Å². The summed E-state index contributed by atoms with van der Waals surface area (Å²) in [5.74, 6) is 0. The molecule has 0 aromatic carbocycles. The Hall–Kier alpha value is -1.56. The molecule has 31 heavy (non-hydrogen) atoms. The summed E-state index contributed by atoms with van der Waals surface area (Å²) in [6.45, 7) is 4.55. The van der Waals surface area contributed by atoms with Crippen LogP contribution in [-0.4, -0.2) is 9.97 Å². The molecule has 0 saturated carbocycles. The molecule has 0 N–H and O–H groups in total. The summed E-state index contributed by atoms with van der Waals surface area (Å²) < 4.78 is 0. The summed E-state index contributed by atoms with van der Waals surface area (Å²) in [6.07, 6.45) is 12.3. The third-order valence-electron chi connectivity index (χ3n) is 5.71. The predicted molar refractivity (Wildman–Crippen MR) is 140 cm³/mol. The summed E-state index contributed by atoms with van der Waals surface area (Å²) in [7, 11) is 0. The van der Waals surface area contributed by atoms with Crippen LogP contribution in [0.1, 0.15) is 76.6 Å². The van der Waals surface area contributed by atoms with Gasteiger partial charge in [0.1, 0.15) is 11.0 Å². The molecule has 0 fully saturated rings. The Labute approximate surface area is 198 Å². The molecule has 5 heteroatoms. The van der Waals surface area contributed by atoms with Crippen molar-refractivity contribution >= 4 is 45.0 Å². The number of aryl methyl sites for hydroxylation is 2. The highest BCUT2D eigenvalue weighted by Crippen LogP contribution is 2.45. The molecule has 0 unspecified atom stereocenters. The van der Waals surface area contributed by atoms with E-state index in [1.54, 1.807) is 22.7 Å². The van der Waals surface area contributed by atoms with Crippen LogP contribution in [-0.2, 0) is 12.8 Å². The van der Waals surface area contributed by atoms with Gasteiger partial charge >= 0.3 is 0 Å². The molecule has 2 nitrogen and oxygen atoms in total. The van der Waals surface area contributed by atoms with E-state index in [2.05, 4.69) is 48.9 Å². The number of hydrogen-bond acceptors (Lipinski definition) is 5. The number of unbranched alkanes of at least 4 members (excludes halogenated alkanes) is 6. The highest BCUT2D eigenvalue weighted by molar-refractivity contribution is 7.27. The number of nitrogens with zero attached hydrogens (tertiary/aromatic N) is 2. The molecular weight excluding hydrogens is 437 g/mol. The third-order valence-corrected chi connectivity index (χ3v) is 8.98. The second kappa shape index (κ2) is 11.3. The van der Waals surface area contributed by atoms with Crippen molar-refractivity contribution in [3.63, 3.8) is 0 Å². The van der Waals surface area contributed by atoms with Crippen molar-refractivity contribution in [3.8, 4) is 19.5 Å². The zero-order chi connectivity index (χ0) is 21.5. The van der Waals surface area contributed by atoms with Gasteiger partial charge in [-0.2, -0.15) is 0 Å². The average molecular weight is 469 g/mol. The van der Waals surface area contributed by atoms with Crippen LogP contribution in [0.2, 0.25) is 0 Å². The molecule has 0 spiro atoms. The Bertz CT molecular complexity index is 978. The van der Waals surface area contributed by atoms with E-state index in [-0.39, 0.29) is 0 Å². The fourth-order valence-corrected chi connectivity index (χ4v) is 6.90. The Morgan fingerprint density at radius 2 is 1.13 bits per heavy atom. The van der Waals surface area contributed by atoms with Gasteiger partial charge in [-0.15, -0.1) is 34.0 Å². The SMILES string of the molecule is CCCCCCc1nc2c(-c3cccs3)sc(-c3cccs3)c2nc1CCCCCC. The minimum absolute atomic E-state index is 1.06. The predicted octanol–water partition coefficient (Wildman–Crippen LogP) is 9.39. The van der Waals surface area contributed by atoms with E-state index in [1.165, 1.54) is 82.3 Å². The maximum atomic E-state index is 5.32. The van der Waals surface area contributed by atoms with E-state index in [9.17, 15) is 0 Å². The second-order valence-electron chi connectivity index (χ2n) is 8.15. The normalized spacial score (nSPS) is 11.5. The molecule has 0 aliphatic carbocycles. The van der Waals surface area contributed by atoms with E-state index in [0.717, 1.165) is 23.9 Å². The van der Waals surface area contributed by atoms with Crippen LogP contribution in [0.25, 0.3) is 30.5 Å². The van der Waals surface area contributed by atoms with Crippen LogP contribution in [0.5, 0.6) is 0 Å². The molecule has 4 aromatic rings. The van der Waals surface area contributed by atoms with Gasteiger partial charge in [0.25, 0.3) is 0 Å². The monoisotopic (exact) mass is 468 g/mol. The first-order valence-electron chi connectivity index (χ1n) is 11.7. The second-order valence-corrected chi connectivity index (χ2v) is 11.1. The number of thiophene rings is 3. The Morgan fingerprint density at radius 3 is 1.52 bits per heavy atom. The molecule has 0 aliphatic heterocycles. The standard InChI is InChI=1S/C26H32N2S3/c1-3-5-7-9-13-19-20(14-10-8-6-4-2)28-24-23(27-19)25(21-15-11-17-29-21)31-26(24)22-16-12-18-30-22/h11-12,15-18H,3-10,13-14H2,1-2H3. The molecular formula is C26H32N2S3. The lowest BCUT2D eigenvalue weighted by atomic mass is 10.0. The Morgan fingerprint density at radius 1 is 0.645 bits per heavy atom. The first kappa shape index (κ1) is 22.6. The molecule has 4 aromatic heterocycles. The van der Waals surface area contributed by atoms with Gasteiger partial charge in [-0.1, -0.05) is 64.5 Å². The van der Waals surface area contributed by atoms with Crippen LogP contribution in [0, 0.1) is 0 Å². The number of fused-ring (bicyclic) bond motifs is 1. The van der Waals surface area contributed by atoms with Gasteiger partial charge in [0, 0.05) is 9.75 Å². The highest BCUT2D eigenvalue weighted by Gasteiger charge is 2.21. The molecule has 0 radical (unpaired) electrons. The van der Waals surface area contributed by atoms with Crippen molar-refractivity contribution in [1.82, 2.24) is 9.97 Å². The number of aromatic nitrogens is 2. The van der Waals surface area contributed by atoms with Crippen molar-refractivity contribution < 1.29 is 0 Å². The maximum absolute atomic E-state index is 5.32. The zero-order valence-electron chi connectivity index (χ0n) is 18.7. The quantitative estimate of drug-likeness (QED) is 0.193. The van der Waals surface area contributed by atoms with Crippen molar-refractivity contribution in [2.45, 2.75) is 78.1 Å². The fraction of sp³-hybridized carbons (Fsp3) is 0.462. The first-order valence-corrected chi connectivity index (χ1v) is 14.3. The van der Waals surface area contributed by atoms with Gasteiger partial charge in [0.2, 0.25) is 0 Å². The van der Waals surface area contributed by atoms with E-state index >= 15 is 0 Å². The topological polar surface area (TPSA) is 25.8 Å². The molecule has 0 amide bonds. The number of hydrogen-bond donors (Lipinski definition) is 0. The van der Waals surface area contributed by atoms with E-state index in [0.29, 0.717) is 0 Å². The molecule has 164 valence electrons. The van der Waals surface area contributed by atoms with Crippen molar-refractivity contribution in [3.05, 3.63) is 46.4 Å². The molecule has 0 saturated heterocycles. The molecule has 0 bridgehead atoms. The lowest BCUT2D eigenvalue weighted by molar-refractivity contribution is 0.639. The summed E-state index contributed by atoms with van der Waals surface area (Å²) >= 11 is 5.47. The van der Waals surface area contributed by atoms with Crippen LogP contribution in [0.3, 0.4) is 0 Å². The summed E-state index contributed by atoms with van der Waals surface area (Å²) in [4.78, 5) is 15.8. The Kier molecular flexibility index (Phi) is 8.28. The van der Waals surface area contributed by atoms with Gasteiger partial charge in [0.05, 0.1) is 21.1 Å². The lowest BCUT2D eigenvalue weighted by Gasteiger charge is -2.10. The molecule has 0 atom stereocenters. The van der Waals surface area contributed by atoms with E-state index in [1.807, 2.05) is 11.3 Å². The summed E-state index contributed by atoms with van der Waals surface area (Å²) in [5.41, 5.74) is 4.71. The third kappa shape index (κ3) is 5.44. The largest absolute Gasteiger partial charge is 0.248 e. The minimum atomic E-state index is 1.06. The van der Waals surface area contributed by atoms with Crippen LogP contribution >= 0.6 is 34.0 Å². The number of rotatable bonds is 12. The lowest BCUT2D eigenvalue weighted by Crippen LogP contribution is -2.03. The van der Waals surface area contributed by atoms with Gasteiger partial charge < -0.3 is 0 Å². The van der Waals surface area contributed by atoms with Crippen molar-refractivity contribution in [2.24, 2.45) is 0 Å². The van der Waals surface area contributed by atoms with Gasteiger partial charge in [0.15, 0.2) is 0 Å². The van der Waals surface area contributed by atoms with E-state index < -0.39 is 0 Å². The molecule has 4 heterocycles. The van der Waals surface area contributed by atoms with Crippen molar-refractivity contribution in [2.75, 3.05) is 0 Å². The summed E-state index contributed by atoms with van der Waals surface area (Å²) in [5, 5.41) is 4.32.